The first-order chi connectivity index (χ1) is 8.88. The molecule has 0 aromatic heterocycles. The molecule has 0 saturated carbocycles. The number of carbonyl (C=O) groups is 1. The SMILES string of the molecule is CCC(C)(C)NC(=O)COc1ccc(Br)cc1CN. The number of benzene rings is 1. The summed E-state index contributed by atoms with van der Waals surface area (Å²) in [6, 6.07) is 5.57. The largest absolute Gasteiger partial charge is 0.483 e. The van der Waals surface area contributed by atoms with E-state index in [9.17, 15) is 4.79 Å². The zero-order valence-corrected chi connectivity index (χ0v) is 13.2. The van der Waals surface area contributed by atoms with Gasteiger partial charge in [-0.15, -0.1) is 0 Å². The van der Waals surface area contributed by atoms with Gasteiger partial charge in [-0.25, -0.2) is 0 Å². The maximum absolute atomic E-state index is 11.8. The summed E-state index contributed by atoms with van der Waals surface area (Å²) in [6.45, 7) is 6.36. The smallest absolute Gasteiger partial charge is 0.258 e. The zero-order chi connectivity index (χ0) is 14.5. The maximum atomic E-state index is 11.8. The van der Waals surface area contributed by atoms with E-state index in [0.717, 1.165) is 16.5 Å². The first-order valence-corrected chi connectivity index (χ1v) is 7.09. The van der Waals surface area contributed by atoms with E-state index in [0.29, 0.717) is 12.3 Å². The second-order valence-corrected chi connectivity index (χ2v) is 5.95. The van der Waals surface area contributed by atoms with Gasteiger partial charge in [0, 0.05) is 22.1 Å². The second kappa shape index (κ2) is 6.91. The van der Waals surface area contributed by atoms with Gasteiger partial charge in [-0.3, -0.25) is 4.79 Å². The van der Waals surface area contributed by atoms with Crippen molar-refractivity contribution < 1.29 is 9.53 Å². The Morgan fingerprint density at radius 1 is 1.47 bits per heavy atom. The molecular formula is C14H21BrN2O2. The Morgan fingerprint density at radius 3 is 2.74 bits per heavy atom. The standard InChI is InChI=1S/C14H21BrN2O2/c1-4-14(2,3)17-13(18)9-19-12-6-5-11(15)7-10(12)8-16/h5-7H,4,8-9,16H2,1-3H3,(H,17,18). The summed E-state index contributed by atoms with van der Waals surface area (Å²) < 4.78 is 6.46. The summed E-state index contributed by atoms with van der Waals surface area (Å²) in [7, 11) is 0. The van der Waals surface area contributed by atoms with Gasteiger partial charge in [0.1, 0.15) is 5.75 Å². The van der Waals surface area contributed by atoms with Crippen LogP contribution in [-0.4, -0.2) is 18.1 Å². The average Bonchev–Trinajstić information content (AvgIpc) is 2.36. The molecule has 106 valence electrons. The van der Waals surface area contributed by atoms with E-state index in [4.69, 9.17) is 10.5 Å². The van der Waals surface area contributed by atoms with Gasteiger partial charge in [0.25, 0.3) is 5.91 Å². The van der Waals surface area contributed by atoms with E-state index in [-0.39, 0.29) is 18.1 Å². The van der Waals surface area contributed by atoms with Crippen LogP contribution in [0.4, 0.5) is 0 Å². The number of hydrogen-bond donors (Lipinski definition) is 2. The van der Waals surface area contributed by atoms with Crippen molar-refractivity contribution in [2.24, 2.45) is 5.73 Å². The van der Waals surface area contributed by atoms with E-state index in [1.165, 1.54) is 0 Å². The fraction of sp³-hybridized carbons (Fsp3) is 0.500. The number of rotatable bonds is 6. The van der Waals surface area contributed by atoms with Crippen molar-refractivity contribution in [3.05, 3.63) is 28.2 Å². The van der Waals surface area contributed by atoms with Gasteiger partial charge in [-0.2, -0.15) is 0 Å². The van der Waals surface area contributed by atoms with Crippen LogP contribution in [0.1, 0.15) is 32.8 Å². The summed E-state index contributed by atoms with van der Waals surface area (Å²) in [6.07, 6.45) is 0.866. The highest BCUT2D eigenvalue weighted by Crippen LogP contribution is 2.22. The fourth-order valence-electron chi connectivity index (χ4n) is 1.49. The molecule has 1 amide bonds. The number of carbonyl (C=O) groups excluding carboxylic acids is 1. The number of halogens is 1. The second-order valence-electron chi connectivity index (χ2n) is 5.03. The van der Waals surface area contributed by atoms with E-state index >= 15 is 0 Å². The predicted molar refractivity (Wildman–Crippen MR) is 80.0 cm³/mol. The summed E-state index contributed by atoms with van der Waals surface area (Å²) in [5.74, 6) is 0.521. The lowest BCUT2D eigenvalue weighted by atomic mass is 10.0. The number of nitrogens with one attached hydrogen (secondary N) is 1. The van der Waals surface area contributed by atoms with Crippen LogP contribution in [0.5, 0.6) is 5.75 Å². The summed E-state index contributed by atoms with van der Waals surface area (Å²) in [5, 5.41) is 2.92. The fourth-order valence-corrected chi connectivity index (χ4v) is 1.90. The van der Waals surface area contributed by atoms with Crippen LogP contribution in [0.25, 0.3) is 0 Å². The Morgan fingerprint density at radius 2 is 2.16 bits per heavy atom. The average molecular weight is 329 g/mol. The van der Waals surface area contributed by atoms with Crippen molar-refractivity contribution in [2.45, 2.75) is 39.3 Å². The molecule has 0 radical (unpaired) electrons. The summed E-state index contributed by atoms with van der Waals surface area (Å²) >= 11 is 3.38. The molecule has 0 aliphatic heterocycles. The molecular weight excluding hydrogens is 308 g/mol. The van der Waals surface area contributed by atoms with Crippen molar-refractivity contribution in [1.82, 2.24) is 5.32 Å². The van der Waals surface area contributed by atoms with Gasteiger partial charge < -0.3 is 15.8 Å². The molecule has 4 nitrogen and oxygen atoms in total. The molecule has 0 heterocycles. The topological polar surface area (TPSA) is 64.3 Å². The summed E-state index contributed by atoms with van der Waals surface area (Å²) in [5.41, 5.74) is 6.31. The lowest BCUT2D eigenvalue weighted by Gasteiger charge is -2.24. The van der Waals surface area contributed by atoms with Crippen molar-refractivity contribution in [3.8, 4) is 5.75 Å². The Bertz CT molecular complexity index is 447. The molecule has 3 N–H and O–H groups in total. The van der Waals surface area contributed by atoms with E-state index in [1.54, 1.807) is 0 Å². The molecule has 0 unspecified atom stereocenters. The minimum absolute atomic E-state index is 0.00192. The first-order valence-electron chi connectivity index (χ1n) is 6.30. The lowest BCUT2D eigenvalue weighted by molar-refractivity contribution is -0.124. The van der Waals surface area contributed by atoms with Crippen molar-refractivity contribution in [2.75, 3.05) is 6.61 Å². The Balaban J connectivity index is 2.60. The molecule has 0 aliphatic rings. The van der Waals surface area contributed by atoms with Crippen LogP contribution >= 0.6 is 15.9 Å². The van der Waals surface area contributed by atoms with Crippen molar-refractivity contribution in [1.29, 1.82) is 0 Å². The van der Waals surface area contributed by atoms with Crippen molar-refractivity contribution >= 4 is 21.8 Å². The number of ether oxygens (including phenoxy) is 1. The van der Waals surface area contributed by atoms with Crippen LogP contribution in [-0.2, 0) is 11.3 Å². The van der Waals surface area contributed by atoms with Gasteiger partial charge in [-0.1, -0.05) is 22.9 Å². The minimum Gasteiger partial charge on any atom is -0.483 e. The number of amides is 1. The van der Waals surface area contributed by atoms with Gasteiger partial charge in [0.05, 0.1) is 0 Å². The van der Waals surface area contributed by atoms with E-state index < -0.39 is 0 Å². The molecule has 0 spiro atoms. The third kappa shape index (κ3) is 5.20. The zero-order valence-electron chi connectivity index (χ0n) is 11.6. The van der Waals surface area contributed by atoms with E-state index in [2.05, 4.69) is 21.2 Å². The Hall–Kier alpha value is -1.07. The van der Waals surface area contributed by atoms with Crippen LogP contribution in [0, 0.1) is 0 Å². The molecule has 5 heteroatoms. The molecule has 1 aromatic rings. The van der Waals surface area contributed by atoms with Crippen LogP contribution in [0.15, 0.2) is 22.7 Å². The van der Waals surface area contributed by atoms with Crippen LogP contribution in [0.3, 0.4) is 0 Å². The third-order valence-electron chi connectivity index (χ3n) is 2.96. The Labute approximate surface area is 122 Å². The third-order valence-corrected chi connectivity index (χ3v) is 3.46. The highest BCUT2D eigenvalue weighted by atomic mass is 79.9. The predicted octanol–water partition coefficient (Wildman–Crippen LogP) is 2.59. The Kier molecular flexibility index (Phi) is 5.82. The first kappa shape index (κ1) is 16.0. The molecule has 0 bridgehead atoms. The molecule has 0 fully saturated rings. The van der Waals surface area contributed by atoms with Gasteiger partial charge in [-0.05, 0) is 38.5 Å². The molecule has 19 heavy (non-hydrogen) atoms. The normalized spacial score (nSPS) is 11.2. The molecule has 1 aromatic carbocycles. The van der Waals surface area contributed by atoms with Crippen LogP contribution in [0.2, 0.25) is 0 Å². The van der Waals surface area contributed by atoms with Gasteiger partial charge >= 0.3 is 0 Å². The minimum atomic E-state index is -0.211. The molecule has 0 saturated heterocycles. The van der Waals surface area contributed by atoms with E-state index in [1.807, 2.05) is 39.0 Å². The number of hydrogen-bond acceptors (Lipinski definition) is 3. The molecule has 1 rings (SSSR count). The number of nitrogens with two attached hydrogens (primary N) is 1. The van der Waals surface area contributed by atoms with Crippen LogP contribution < -0.4 is 15.8 Å². The highest BCUT2D eigenvalue weighted by Gasteiger charge is 2.18. The summed E-state index contributed by atoms with van der Waals surface area (Å²) in [4.78, 5) is 11.8. The molecule has 0 atom stereocenters. The molecule has 0 aliphatic carbocycles. The highest BCUT2D eigenvalue weighted by molar-refractivity contribution is 9.10. The van der Waals surface area contributed by atoms with Gasteiger partial charge in [0.2, 0.25) is 0 Å². The monoisotopic (exact) mass is 328 g/mol. The lowest BCUT2D eigenvalue weighted by Crippen LogP contribution is -2.44. The van der Waals surface area contributed by atoms with Crippen molar-refractivity contribution in [3.63, 3.8) is 0 Å². The maximum Gasteiger partial charge on any atom is 0.258 e. The van der Waals surface area contributed by atoms with Gasteiger partial charge in [0.15, 0.2) is 6.61 Å². The quantitative estimate of drug-likeness (QED) is 0.843.